The fourth-order valence-electron chi connectivity index (χ4n) is 5.90. The van der Waals surface area contributed by atoms with Crippen LogP contribution in [-0.2, 0) is 0 Å². The van der Waals surface area contributed by atoms with E-state index >= 15 is 0 Å². The van der Waals surface area contributed by atoms with Gasteiger partial charge in [-0.2, -0.15) is 5.26 Å². The number of piperidine rings is 1. The Morgan fingerprint density at radius 2 is 1.83 bits per heavy atom. The number of amides is 1. The molecule has 8 nitrogen and oxygen atoms in total. The van der Waals surface area contributed by atoms with E-state index in [0.717, 1.165) is 37.2 Å². The minimum atomic E-state index is -0.307. The fourth-order valence-corrected chi connectivity index (χ4v) is 5.90. The molecule has 2 fully saturated rings. The quantitative estimate of drug-likeness (QED) is 0.655. The third-order valence-corrected chi connectivity index (χ3v) is 7.74. The summed E-state index contributed by atoms with van der Waals surface area (Å²) in [6, 6.07) is 7.57. The van der Waals surface area contributed by atoms with E-state index in [1.165, 1.54) is 0 Å². The van der Waals surface area contributed by atoms with Crippen LogP contribution in [0.1, 0.15) is 62.0 Å². The molecule has 1 aliphatic carbocycles. The summed E-state index contributed by atoms with van der Waals surface area (Å²) in [6.45, 7) is 12.1. The van der Waals surface area contributed by atoms with Crippen molar-refractivity contribution in [2.45, 2.75) is 59.6 Å². The molecule has 2 heterocycles. The second kappa shape index (κ2) is 9.46. The molecule has 1 amide bonds. The first-order chi connectivity index (χ1) is 16.6. The molecule has 2 N–H and O–H groups in total. The van der Waals surface area contributed by atoms with Crippen molar-refractivity contribution in [3.8, 4) is 11.8 Å². The summed E-state index contributed by atoms with van der Waals surface area (Å²) in [7, 11) is 0. The number of nitrogens with one attached hydrogen (secondary N) is 1. The smallest absolute Gasteiger partial charge is 0.254 e. The monoisotopic (exact) mass is 477 g/mol. The first kappa shape index (κ1) is 24.9. The lowest BCUT2D eigenvalue weighted by molar-refractivity contribution is -0.164. The van der Waals surface area contributed by atoms with Crippen LogP contribution in [0.3, 0.4) is 0 Å². The van der Waals surface area contributed by atoms with Gasteiger partial charge < -0.3 is 20.1 Å². The maximum absolute atomic E-state index is 13.1. The zero-order valence-electron chi connectivity index (χ0n) is 21.2. The molecule has 1 aromatic carbocycles. The SMILES string of the molecule is Cc1cc(OC2C(C)(C)C(NC(=O)c3cnc(N4CCC(CO)CC4)nc3)C2(C)C)ccc1C#N. The summed E-state index contributed by atoms with van der Waals surface area (Å²) < 4.78 is 6.37. The molecule has 0 spiro atoms. The molecule has 186 valence electrons. The Kier molecular flexibility index (Phi) is 6.74. The Hall–Kier alpha value is -3.18. The van der Waals surface area contributed by atoms with Crippen LogP contribution in [0.2, 0.25) is 0 Å². The van der Waals surface area contributed by atoms with Gasteiger partial charge in [0.2, 0.25) is 5.95 Å². The molecule has 1 aromatic heterocycles. The first-order valence-corrected chi connectivity index (χ1v) is 12.2. The van der Waals surface area contributed by atoms with Crippen LogP contribution in [0, 0.1) is 35.0 Å². The van der Waals surface area contributed by atoms with E-state index in [0.29, 0.717) is 23.0 Å². The lowest BCUT2D eigenvalue weighted by Crippen LogP contribution is -2.74. The fraction of sp³-hybridized carbons (Fsp3) is 0.556. The van der Waals surface area contributed by atoms with Crippen molar-refractivity contribution in [1.29, 1.82) is 5.26 Å². The molecule has 2 aromatic rings. The van der Waals surface area contributed by atoms with Crippen LogP contribution < -0.4 is 15.0 Å². The number of hydrogen-bond donors (Lipinski definition) is 2. The third-order valence-electron chi connectivity index (χ3n) is 7.74. The molecule has 0 radical (unpaired) electrons. The summed E-state index contributed by atoms with van der Waals surface area (Å²) in [5.41, 5.74) is 1.33. The van der Waals surface area contributed by atoms with E-state index in [9.17, 15) is 15.2 Å². The molecule has 1 aliphatic heterocycles. The molecule has 0 unspecified atom stereocenters. The van der Waals surface area contributed by atoms with Crippen LogP contribution in [0.25, 0.3) is 0 Å². The summed E-state index contributed by atoms with van der Waals surface area (Å²) in [6.07, 6.45) is 4.88. The van der Waals surface area contributed by atoms with Gasteiger partial charge in [-0.3, -0.25) is 4.79 Å². The highest BCUT2D eigenvalue weighted by Crippen LogP contribution is 2.55. The molecular formula is C27H35N5O3. The van der Waals surface area contributed by atoms with Crippen LogP contribution in [0.5, 0.6) is 5.75 Å². The van der Waals surface area contributed by atoms with Crippen LogP contribution in [0.4, 0.5) is 5.95 Å². The standard InChI is InChI=1S/C27H35N5O3/c1-17-12-21(7-6-19(17)13-28)35-24-26(2,3)23(27(24,4)5)31-22(34)20-14-29-25(30-15-20)32-10-8-18(16-33)9-11-32/h6-7,12,14-15,18,23-24,33H,8-11,16H2,1-5H3,(H,31,34). The Morgan fingerprint density at radius 1 is 1.20 bits per heavy atom. The van der Waals surface area contributed by atoms with E-state index in [1.54, 1.807) is 18.5 Å². The van der Waals surface area contributed by atoms with Gasteiger partial charge in [-0.15, -0.1) is 0 Å². The number of rotatable bonds is 6. The molecule has 35 heavy (non-hydrogen) atoms. The number of anilines is 1. The minimum Gasteiger partial charge on any atom is -0.489 e. The molecule has 0 bridgehead atoms. The van der Waals surface area contributed by atoms with E-state index in [1.807, 2.05) is 19.1 Å². The molecule has 8 heteroatoms. The number of nitrogens with zero attached hydrogens (tertiary/aromatic N) is 4. The van der Waals surface area contributed by atoms with Gasteiger partial charge in [0.1, 0.15) is 11.9 Å². The number of nitriles is 1. The number of carbonyl (C=O) groups is 1. The zero-order chi connectivity index (χ0) is 25.4. The molecule has 1 saturated heterocycles. The lowest BCUT2D eigenvalue weighted by atomic mass is 9.49. The molecule has 4 rings (SSSR count). The van der Waals surface area contributed by atoms with Crippen molar-refractivity contribution in [3.63, 3.8) is 0 Å². The number of aromatic nitrogens is 2. The van der Waals surface area contributed by atoms with Crippen molar-refractivity contribution >= 4 is 11.9 Å². The first-order valence-electron chi connectivity index (χ1n) is 12.2. The van der Waals surface area contributed by atoms with E-state index in [2.05, 4.69) is 53.9 Å². The van der Waals surface area contributed by atoms with Gasteiger partial charge >= 0.3 is 0 Å². The number of carbonyl (C=O) groups excluding carboxylic acids is 1. The Balaban J connectivity index is 1.40. The minimum absolute atomic E-state index is 0.107. The van der Waals surface area contributed by atoms with Gasteiger partial charge in [0.15, 0.2) is 0 Å². The zero-order valence-corrected chi connectivity index (χ0v) is 21.2. The van der Waals surface area contributed by atoms with Gasteiger partial charge in [-0.25, -0.2) is 9.97 Å². The van der Waals surface area contributed by atoms with Crippen molar-refractivity contribution in [2.24, 2.45) is 16.7 Å². The van der Waals surface area contributed by atoms with Crippen molar-refractivity contribution < 1.29 is 14.6 Å². The number of hydrogen-bond acceptors (Lipinski definition) is 7. The Labute approximate surface area is 207 Å². The van der Waals surface area contributed by atoms with Gasteiger partial charge in [0.05, 0.1) is 17.2 Å². The van der Waals surface area contributed by atoms with Gasteiger partial charge in [0.25, 0.3) is 5.91 Å². The molecule has 0 atom stereocenters. The topological polar surface area (TPSA) is 111 Å². The van der Waals surface area contributed by atoms with Gasteiger partial charge in [-0.1, -0.05) is 27.7 Å². The highest BCUT2D eigenvalue weighted by molar-refractivity contribution is 5.94. The van der Waals surface area contributed by atoms with Crippen LogP contribution >= 0.6 is 0 Å². The average Bonchev–Trinajstić information content (AvgIpc) is 2.85. The normalized spacial score (nSPS) is 23.2. The lowest BCUT2D eigenvalue weighted by Gasteiger charge is -2.63. The van der Waals surface area contributed by atoms with Crippen LogP contribution in [-0.4, -0.2) is 52.8 Å². The van der Waals surface area contributed by atoms with E-state index in [-0.39, 0.29) is 35.5 Å². The third kappa shape index (κ3) is 4.70. The number of ether oxygens (including phenoxy) is 1. The summed E-state index contributed by atoms with van der Waals surface area (Å²) >= 11 is 0. The second-order valence-corrected chi connectivity index (χ2v) is 11.0. The Bertz CT molecular complexity index is 1100. The maximum Gasteiger partial charge on any atom is 0.254 e. The highest BCUT2D eigenvalue weighted by atomic mass is 16.5. The number of aryl methyl sites for hydroxylation is 1. The highest BCUT2D eigenvalue weighted by Gasteiger charge is 2.64. The number of aliphatic hydroxyl groups excluding tert-OH is 1. The van der Waals surface area contributed by atoms with Crippen LogP contribution in [0.15, 0.2) is 30.6 Å². The molecule has 1 saturated carbocycles. The Morgan fingerprint density at radius 3 is 2.37 bits per heavy atom. The predicted molar refractivity (Wildman–Crippen MR) is 133 cm³/mol. The van der Waals surface area contributed by atoms with E-state index in [4.69, 9.17) is 4.74 Å². The van der Waals surface area contributed by atoms with Gasteiger partial charge in [0, 0.05) is 49.0 Å². The maximum atomic E-state index is 13.1. The largest absolute Gasteiger partial charge is 0.489 e. The van der Waals surface area contributed by atoms with Gasteiger partial charge in [-0.05, 0) is 49.4 Å². The van der Waals surface area contributed by atoms with Crippen molar-refractivity contribution in [2.75, 3.05) is 24.6 Å². The summed E-state index contributed by atoms with van der Waals surface area (Å²) in [4.78, 5) is 24.0. The summed E-state index contributed by atoms with van der Waals surface area (Å²) in [5, 5.41) is 21.7. The van der Waals surface area contributed by atoms with Crippen molar-refractivity contribution in [3.05, 3.63) is 47.3 Å². The number of benzene rings is 1. The van der Waals surface area contributed by atoms with Crippen molar-refractivity contribution in [1.82, 2.24) is 15.3 Å². The predicted octanol–water partition coefficient (Wildman–Crippen LogP) is 3.48. The van der Waals surface area contributed by atoms with E-state index < -0.39 is 0 Å². The average molecular weight is 478 g/mol. The summed E-state index contributed by atoms with van der Waals surface area (Å²) in [5.74, 6) is 1.49. The molecular weight excluding hydrogens is 442 g/mol. The number of aliphatic hydroxyl groups is 1. The second-order valence-electron chi connectivity index (χ2n) is 11.0. The molecule has 2 aliphatic rings.